The Morgan fingerprint density at radius 3 is 2.33 bits per heavy atom. The normalized spacial score (nSPS) is 10.7. The van der Waals surface area contributed by atoms with Crippen LogP contribution in [0.2, 0.25) is 0 Å². The number of benzene rings is 2. The third-order valence-electron chi connectivity index (χ3n) is 4.41. The predicted octanol–water partition coefficient (Wildman–Crippen LogP) is 5.23. The first-order chi connectivity index (χ1) is 11.9. The van der Waals surface area contributed by atoms with E-state index >= 15 is 0 Å². The first-order valence-electron chi connectivity index (χ1n) is 8.83. The van der Waals surface area contributed by atoms with Crippen molar-refractivity contribution >= 4 is 0 Å². The maximum Gasteiger partial charge on any atom is 0.0299 e. The molecule has 0 N–H and O–H groups in total. The molecule has 1 radical (unpaired) electrons. The molecule has 1 heterocycles. The molecule has 0 fully saturated rings. The van der Waals surface area contributed by atoms with Gasteiger partial charge in [-0.1, -0.05) is 54.6 Å². The minimum atomic E-state index is 1.08. The van der Waals surface area contributed by atoms with Crippen LogP contribution in [-0.4, -0.2) is 4.98 Å². The molecule has 121 valence electrons. The SMILES string of the molecule is [c]1cccc(CCCc2ccccc2)c1CCCc1cccnc1. The summed E-state index contributed by atoms with van der Waals surface area (Å²) in [5, 5.41) is 0. The van der Waals surface area contributed by atoms with Gasteiger partial charge in [0, 0.05) is 12.4 Å². The number of aromatic nitrogens is 1. The molecule has 2 aromatic carbocycles. The van der Waals surface area contributed by atoms with E-state index in [0.717, 1.165) is 32.1 Å². The van der Waals surface area contributed by atoms with Crippen LogP contribution in [0.25, 0.3) is 0 Å². The molecule has 0 aliphatic heterocycles. The van der Waals surface area contributed by atoms with Crippen LogP contribution in [0.5, 0.6) is 0 Å². The second kappa shape index (κ2) is 9.02. The number of hydrogen-bond acceptors (Lipinski definition) is 1. The van der Waals surface area contributed by atoms with Crippen LogP contribution in [0.4, 0.5) is 0 Å². The Morgan fingerprint density at radius 1 is 0.708 bits per heavy atom. The van der Waals surface area contributed by atoms with E-state index in [2.05, 4.69) is 59.6 Å². The van der Waals surface area contributed by atoms with E-state index in [0.29, 0.717) is 0 Å². The molecule has 1 heteroatoms. The number of rotatable bonds is 8. The molecule has 0 amide bonds. The Balaban J connectivity index is 1.51. The molecule has 0 bridgehead atoms. The van der Waals surface area contributed by atoms with E-state index in [1.165, 1.54) is 28.7 Å². The monoisotopic (exact) mass is 314 g/mol. The molecular weight excluding hydrogens is 290 g/mol. The average Bonchev–Trinajstić information content (AvgIpc) is 2.65. The summed E-state index contributed by atoms with van der Waals surface area (Å²) in [5.41, 5.74) is 5.59. The minimum absolute atomic E-state index is 1.08. The Labute approximate surface area is 145 Å². The van der Waals surface area contributed by atoms with E-state index in [4.69, 9.17) is 0 Å². The molecule has 0 spiro atoms. The number of aryl methyl sites for hydroxylation is 4. The van der Waals surface area contributed by atoms with Crippen molar-refractivity contribution in [2.24, 2.45) is 0 Å². The maximum atomic E-state index is 4.19. The minimum Gasteiger partial charge on any atom is -0.264 e. The molecule has 0 unspecified atom stereocenters. The van der Waals surface area contributed by atoms with E-state index in [-0.39, 0.29) is 0 Å². The summed E-state index contributed by atoms with van der Waals surface area (Å²) in [7, 11) is 0. The molecule has 0 saturated heterocycles. The lowest BCUT2D eigenvalue weighted by atomic mass is 9.96. The highest BCUT2D eigenvalue weighted by Gasteiger charge is 2.03. The molecule has 0 aliphatic carbocycles. The second-order valence-corrected chi connectivity index (χ2v) is 6.23. The Hall–Kier alpha value is -2.41. The van der Waals surface area contributed by atoms with Gasteiger partial charge in [-0.3, -0.25) is 4.98 Å². The lowest BCUT2D eigenvalue weighted by Crippen LogP contribution is -1.98. The average molecular weight is 314 g/mol. The van der Waals surface area contributed by atoms with Crippen LogP contribution >= 0.6 is 0 Å². The second-order valence-electron chi connectivity index (χ2n) is 6.23. The molecule has 0 atom stereocenters. The zero-order valence-electron chi connectivity index (χ0n) is 14.1. The Bertz CT molecular complexity index is 655. The molecule has 1 nitrogen and oxygen atoms in total. The fourth-order valence-electron chi connectivity index (χ4n) is 3.12. The summed E-state index contributed by atoms with van der Waals surface area (Å²) < 4.78 is 0. The van der Waals surface area contributed by atoms with Gasteiger partial charge in [0.25, 0.3) is 0 Å². The van der Waals surface area contributed by atoms with Gasteiger partial charge >= 0.3 is 0 Å². The first kappa shape index (κ1) is 16.4. The number of hydrogen-bond donors (Lipinski definition) is 0. The van der Waals surface area contributed by atoms with E-state index in [1.54, 1.807) is 0 Å². The highest BCUT2D eigenvalue weighted by Crippen LogP contribution is 2.15. The van der Waals surface area contributed by atoms with Crippen LogP contribution < -0.4 is 0 Å². The Kier molecular flexibility index (Phi) is 6.18. The van der Waals surface area contributed by atoms with E-state index < -0.39 is 0 Å². The fourth-order valence-corrected chi connectivity index (χ4v) is 3.12. The van der Waals surface area contributed by atoms with Gasteiger partial charge in [0.05, 0.1) is 0 Å². The summed E-state index contributed by atoms with van der Waals surface area (Å²) in [5.74, 6) is 0. The van der Waals surface area contributed by atoms with Gasteiger partial charge in [-0.25, -0.2) is 0 Å². The van der Waals surface area contributed by atoms with Crippen LogP contribution in [0, 0.1) is 6.07 Å². The number of pyridine rings is 1. The van der Waals surface area contributed by atoms with Crippen molar-refractivity contribution in [1.29, 1.82) is 0 Å². The largest absolute Gasteiger partial charge is 0.264 e. The van der Waals surface area contributed by atoms with Crippen LogP contribution in [0.1, 0.15) is 35.1 Å². The van der Waals surface area contributed by atoms with Crippen molar-refractivity contribution in [3.8, 4) is 0 Å². The third-order valence-corrected chi connectivity index (χ3v) is 4.41. The maximum absolute atomic E-state index is 4.19. The summed E-state index contributed by atoms with van der Waals surface area (Å²) in [6.07, 6.45) is 10.6. The third kappa shape index (κ3) is 5.06. The zero-order chi connectivity index (χ0) is 16.5. The summed E-state index contributed by atoms with van der Waals surface area (Å²) in [4.78, 5) is 4.19. The van der Waals surface area contributed by atoms with Crippen molar-refractivity contribution in [1.82, 2.24) is 4.98 Å². The van der Waals surface area contributed by atoms with Crippen LogP contribution in [0.3, 0.4) is 0 Å². The van der Waals surface area contributed by atoms with Gasteiger partial charge in [0.1, 0.15) is 0 Å². The highest BCUT2D eigenvalue weighted by molar-refractivity contribution is 5.27. The Morgan fingerprint density at radius 2 is 1.50 bits per heavy atom. The van der Waals surface area contributed by atoms with Crippen LogP contribution in [0.15, 0.2) is 73.1 Å². The molecule has 24 heavy (non-hydrogen) atoms. The van der Waals surface area contributed by atoms with Gasteiger partial charge in [0.2, 0.25) is 0 Å². The van der Waals surface area contributed by atoms with Crippen molar-refractivity contribution < 1.29 is 0 Å². The standard InChI is InChI=1S/C23H24N/c1-2-9-20(10-3-1)11-6-16-22-14-4-5-15-23(22)17-7-12-21-13-8-18-24-19-21/h1-5,8-10,13-14,18-19H,6-7,11-12,16-17H2. The van der Waals surface area contributed by atoms with Gasteiger partial charge < -0.3 is 0 Å². The fraction of sp³-hybridized carbons (Fsp3) is 0.261. The molecule has 3 aromatic rings. The molecule has 0 aliphatic rings. The van der Waals surface area contributed by atoms with Crippen LogP contribution in [-0.2, 0) is 25.7 Å². The van der Waals surface area contributed by atoms with E-state index in [1.807, 2.05) is 24.5 Å². The molecule has 0 saturated carbocycles. The summed E-state index contributed by atoms with van der Waals surface area (Å²) >= 11 is 0. The van der Waals surface area contributed by atoms with Crippen molar-refractivity contribution in [2.75, 3.05) is 0 Å². The lowest BCUT2D eigenvalue weighted by molar-refractivity contribution is 0.777. The topological polar surface area (TPSA) is 12.9 Å². The van der Waals surface area contributed by atoms with Gasteiger partial charge in [-0.15, -0.1) is 0 Å². The molecule has 3 rings (SSSR count). The van der Waals surface area contributed by atoms with Gasteiger partial charge in [-0.05, 0) is 72.9 Å². The van der Waals surface area contributed by atoms with Gasteiger partial charge in [-0.2, -0.15) is 0 Å². The van der Waals surface area contributed by atoms with Crippen molar-refractivity contribution in [3.05, 3.63) is 101 Å². The summed E-state index contributed by atoms with van der Waals surface area (Å²) in [6.45, 7) is 0. The predicted molar refractivity (Wildman–Crippen MR) is 100 cm³/mol. The quantitative estimate of drug-likeness (QED) is 0.554. The molecular formula is C23H24N. The molecule has 1 aromatic heterocycles. The highest BCUT2D eigenvalue weighted by atomic mass is 14.6. The van der Waals surface area contributed by atoms with Gasteiger partial charge in [0.15, 0.2) is 0 Å². The zero-order valence-corrected chi connectivity index (χ0v) is 14.1. The van der Waals surface area contributed by atoms with Crippen molar-refractivity contribution in [3.63, 3.8) is 0 Å². The lowest BCUT2D eigenvalue weighted by Gasteiger charge is -2.09. The van der Waals surface area contributed by atoms with E-state index in [9.17, 15) is 0 Å². The summed E-state index contributed by atoms with van der Waals surface area (Å²) in [6, 6.07) is 24.8. The van der Waals surface area contributed by atoms with Crippen molar-refractivity contribution in [2.45, 2.75) is 38.5 Å². The first-order valence-corrected chi connectivity index (χ1v) is 8.83. The smallest absolute Gasteiger partial charge is 0.0299 e. The number of nitrogens with zero attached hydrogens (tertiary/aromatic N) is 1.